The number of aliphatic carboxylic acids is 1. The van der Waals surface area contributed by atoms with Crippen LogP contribution in [0.25, 0.3) is 0 Å². The maximum Gasteiger partial charge on any atom is 0.306 e. The number of amides is 1. The van der Waals surface area contributed by atoms with Crippen LogP contribution >= 0.6 is 0 Å². The van der Waals surface area contributed by atoms with Crippen molar-refractivity contribution in [2.24, 2.45) is 11.7 Å². The average molecular weight is 290 g/mol. The van der Waals surface area contributed by atoms with E-state index in [-0.39, 0.29) is 30.3 Å². The Morgan fingerprint density at radius 1 is 1.19 bits per heavy atom. The summed E-state index contributed by atoms with van der Waals surface area (Å²) in [5, 5.41) is 12.0. The summed E-state index contributed by atoms with van der Waals surface area (Å²) < 4.78 is 0. The molecule has 0 aliphatic heterocycles. The molecule has 114 valence electrons. The first kappa shape index (κ1) is 15.5. The number of carbonyl (C=O) groups is 2. The van der Waals surface area contributed by atoms with Gasteiger partial charge in [-0.15, -0.1) is 0 Å². The van der Waals surface area contributed by atoms with E-state index >= 15 is 0 Å². The molecule has 0 bridgehead atoms. The van der Waals surface area contributed by atoms with Crippen LogP contribution in [0.4, 0.5) is 0 Å². The Morgan fingerprint density at radius 3 is 2.33 bits per heavy atom. The summed E-state index contributed by atoms with van der Waals surface area (Å²) in [6.07, 6.45) is 2.68. The zero-order chi connectivity index (χ0) is 15.2. The van der Waals surface area contributed by atoms with Gasteiger partial charge in [-0.05, 0) is 31.2 Å². The SMILES string of the molecule is NCC(C(=O)NC1CCC(C(=O)O)CC1)c1ccccc1. The van der Waals surface area contributed by atoms with E-state index in [0.717, 1.165) is 18.4 Å². The molecule has 1 fully saturated rings. The van der Waals surface area contributed by atoms with E-state index < -0.39 is 5.97 Å². The quantitative estimate of drug-likeness (QED) is 0.766. The van der Waals surface area contributed by atoms with Crippen LogP contribution in [0.1, 0.15) is 37.2 Å². The minimum Gasteiger partial charge on any atom is -0.481 e. The van der Waals surface area contributed by atoms with Gasteiger partial charge in [0.2, 0.25) is 5.91 Å². The molecule has 5 heteroatoms. The van der Waals surface area contributed by atoms with Crippen LogP contribution < -0.4 is 11.1 Å². The summed E-state index contributed by atoms with van der Waals surface area (Å²) in [5.74, 6) is -1.41. The Morgan fingerprint density at radius 2 is 1.81 bits per heavy atom. The van der Waals surface area contributed by atoms with Crippen molar-refractivity contribution in [3.63, 3.8) is 0 Å². The van der Waals surface area contributed by atoms with Gasteiger partial charge in [0, 0.05) is 12.6 Å². The second-order valence-corrected chi connectivity index (χ2v) is 5.59. The van der Waals surface area contributed by atoms with Crippen molar-refractivity contribution in [3.05, 3.63) is 35.9 Å². The van der Waals surface area contributed by atoms with Gasteiger partial charge < -0.3 is 16.2 Å². The van der Waals surface area contributed by atoms with Crippen LogP contribution in [0, 0.1) is 5.92 Å². The lowest BCUT2D eigenvalue weighted by molar-refractivity contribution is -0.142. The number of rotatable bonds is 5. The molecular weight excluding hydrogens is 268 g/mol. The van der Waals surface area contributed by atoms with Crippen LogP contribution in [0.3, 0.4) is 0 Å². The number of benzene rings is 1. The van der Waals surface area contributed by atoms with Gasteiger partial charge >= 0.3 is 5.97 Å². The van der Waals surface area contributed by atoms with E-state index in [1.807, 2.05) is 30.3 Å². The molecule has 1 aliphatic rings. The second kappa shape index (κ2) is 7.22. The lowest BCUT2D eigenvalue weighted by Crippen LogP contribution is -2.42. The van der Waals surface area contributed by atoms with E-state index in [1.165, 1.54) is 0 Å². The molecule has 0 spiro atoms. The molecule has 1 unspecified atom stereocenters. The predicted octanol–water partition coefficient (Wildman–Crippen LogP) is 1.49. The first-order valence-electron chi connectivity index (χ1n) is 7.40. The van der Waals surface area contributed by atoms with Crippen LogP contribution in [0.5, 0.6) is 0 Å². The molecular formula is C16H22N2O3. The molecule has 4 N–H and O–H groups in total. The molecule has 0 saturated heterocycles. The van der Waals surface area contributed by atoms with E-state index in [1.54, 1.807) is 0 Å². The lowest BCUT2D eigenvalue weighted by atomic mass is 9.85. The molecule has 21 heavy (non-hydrogen) atoms. The first-order chi connectivity index (χ1) is 10.1. The van der Waals surface area contributed by atoms with Crippen LogP contribution in [0.2, 0.25) is 0 Å². The number of carboxylic acid groups (broad SMARTS) is 1. The highest BCUT2D eigenvalue weighted by Crippen LogP contribution is 2.25. The minimum atomic E-state index is -0.733. The largest absolute Gasteiger partial charge is 0.481 e. The number of carboxylic acids is 1. The topological polar surface area (TPSA) is 92.4 Å². The third kappa shape index (κ3) is 4.04. The number of hydrogen-bond acceptors (Lipinski definition) is 3. The molecule has 1 aliphatic carbocycles. The highest BCUT2D eigenvalue weighted by atomic mass is 16.4. The molecule has 5 nitrogen and oxygen atoms in total. The highest BCUT2D eigenvalue weighted by molar-refractivity contribution is 5.84. The molecule has 0 radical (unpaired) electrons. The standard InChI is InChI=1S/C16H22N2O3/c17-10-14(11-4-2-1-3-5-11)15(19)18-13-8-6-12(7-9-13)16(20)21/h1-5,12-14H,6-10,17H2,(H,18,19)(H,20,21). The Bertz CT molecular complexity index is 482. The summed E-state index contributed by atoms with van der Waals surface area (Å²) in [6, 6.07) is 9.55. The van der Waals surface area contributed by atoms with Gasteiger partial charge in [-0.25, -0.2) is 0 Å². The van der Waals surface area contributed by atoms with E-state index in [0.29, 0.717) is 12.8 Å². The summed E-state index contributed by atoms with van der Waals surface area (Å²) in [5.41, 5.74) is 6.65. The fourth-order valence-corrected chi connectivity index (χ4v) is 2.87. The fourth-order valence-electron chi connectivity index (χ4n) is 2.87. The lowest BCUT2D eigenvalue weighted by Gasteiger charge is -2.28. The number of nitrogens with one attached hydrogen (secondary N) is 1. The van der Waals surface area contributed by atoms with Gasteiger partial charge in [-0.2, -0.15) is 0 Å². The molecule has 1 amide bonds. The zero-order valence-electron chi connectivity index (χ0n) is 12.0. The van der Waals surface area contributed by atoms with Crippen molar-refractivity contribution in [3.8, 4) is 0 Å². The van der Waals surface area contributed by atoms with Crippen molar-refractivity contribution in [2.75, 3.05) is 6.54 Å². The normalized spacial score (nSPS) is 23.3. The molecule has 0 heterocycles. The third-order valence-corrected chi connectivity index (χ3v) is 4.18. The van der Waals surface area contributed by atoms with Crippen molar-refractivity contribution in [1.29, 1.82) is 0 Å². The van der Waals surface area contributed by atoms with Gasteiger partial charge in [-0.1, -0.05) is 30.3 Å². The Labute approximate surface area is 124 Å². The molecule has 1 aromatic carbocycles. The van der Waals surface area contributed by atoms with Gasteiger partial charge in [-0.3, -0.25) is 9.59 Å². The maximum absolute atomic E-state index is 12.4. The summed E-state index contributed by atoms with van der Waals surface area (Å²) in [4.78, 5) is 23.3. The summed E-state index contributed by atoms with van der Waals surface area (Å²) >= 11 is 0. The van der Waals surface area contributed by atoms with Gasteiger partial charge in [0.05, 0.1) is 11.8 Å². The highest BCUT2D eigenvalue weighted by Gasteiger charge is 2.28. The number of nitrogens with two attached hydrogens (primary N) is 1. The van der Waals surface area contributed by atoms with Crippen molar-refractivity contribution >= 4 is 11.9 Å². The molecule has 0 aromatic heterocycles. The molecule has 1 aromatic rings. The van der Waals surface area contributed by atoms with Gasteiger partial charge in [0.1, 0.15) is 0 Å². The minimum absolute atomic E-state index is 0.0610. The van der Waals surface area contributed by atoms with Crippen LogP contribution in [-0.2, 0) is 9.59 Å². The first-order valence-corrected chi connectivity index (χ1v) is 7.40. The van der Waals surface area contributed by atoms with E-state index in [2.05, 4.69) is 5.32 Å². The van der Waals surface area contributed by atoms with Crippen molar-refractivity contribution < 1.29 is 14.7 Å². The van der Waals surface area contributed by atoms with Gasteiger partial charge in [0.25, 0.3) is 0 Å². The maximum atomic E-state index is 12.4. The van der Waals surface area contributed by atoms with Crippen LogP contribution in [-0.4, -0.2) is 29.6 Å². The zero-order valence-corrected chi connectivity index (χ0v) is 12.0. The monoisotopic (exact) mass is 290 g/mol. The van der Waals surface area contributed by atoms with Crippen LogP contribution in [0.15, 0.2) is 30.3 Å². The Hall–Kier alpha value is -1.88. The number of carbonyl (C=O) groups excluding carboxylic acids is 1. The number of hydrogen-bond donors (Lipinski definition) is 3. The predicted molar refractivity (Wildman–Crippen MR) is 79.8 cm³/mol. The Kier molecular flexibility index (Phi) is 5.33. The van der Waals surface area contributed by atoms with Gasteiger partial charge in [0.15, 0.2) is 0 Å². The Balaban J connectivity index is 1.91. The molecule has 2 rings (SSSR count). The van der Waals surface area contributed by atoms with E-state index in [9.17, 15) is 9.59 Å². The molecule has 1 saturated carbocycles. The second-order valence-electron chi connectivity index (χ2n) is 5.59. The fraction of sp³-hybridized carbons (Fsp3) is 0.500. The summed E-state index contributed by atoms with van der Waals surface area (Å²) in [7, 11) is 0. The molecule has 1 atom stereocenters. The smallest absolute Gasteiger partial charge is 0.306 e. The summed E-state index contributed by atoms with van der Waals surface area (Å²) in [6.45, 7) is 0.264. The van der Waals surface area contributed by atoms with E-state index in [4.69, 9.17) is 10.8 Å². The van der Waals surface area contributed by atoms with Crippen molar-refractivity contribution in [2.45, 2.75) is 37.6 Å². The van der Waals surface area contributed by atoms with Crippen molar-refractivity contribution in [1.82, 2.24) is 5.32 Å². The average Bonchev–Trinajstić information content (AvgIpc) is 2.49. The third-order valence-electron chi connectivity index (χ3n) is 4.18.